The summed E-state index contributed by atoms with van der Waals surface area (Å²) in [6, 6.07) is 8.25. The van der Waals surface area contributed by atoms with Crippen LogP contribution in [0.5, 0.6) is 5.75 Å². The lowest BCUT2D eigenvalue weighted by Crippen LogP contribution is -2.08. The molecule has 0 saturated carbocycles. The molecule has 0 fully saturated rings. The molecule has 2 rings (SSSR count). The van der Waals surface area contributed by atoms with Gasteiger partial charge in [0, 0.05) is 12.1 Å². The highest BCUT2D eigenvalue weighted by molar-refractivity contribution is 5.68. The van der Waals surface area contributed by atoms with Crippen molar-refractivity contribution in [2.75, 3.05) is 0 Å². The molecule has 0 aliphatic rings. The van der Waals surface area contributed by atoms with Crippen LogP contribution in [0.2, 0.25) is 0 Å². The SMILES string of the molecule is CCCc1nn(CC(C)C)c(-c2ccc(C)cc2)c1O. The summed E-state index contributed by atoms with van der Waals surface area (Å²) in [5.41, 5.74) is 3.91. The van der Waals surface area contributed by atoms with Gasteiger partial charge in [-0.1, -0.05) is 57.0 Å². The summed E-state index contributed by atoms with van der Waals surface area (Å²) in [5, 5.41) is 15.1. The second kappa shape index (κ2) is 6.12. The summed E-state index contributed by atoms with van der Waals surface area (Å²) in [7, 11) is 0. The van der Waals surface area contributed by atoms with Gasteiger partial charge in [-0.3, -0.25) is 4.68 Å². The molecule has 3 nitrogen and oxygen atoms in total. The predicted molar refractivity (Wildman–Crippen MR) is 82.9 cm³/mol. The Morgan fingerprint density at radius 1 is 1.20 bits per heavy atom. The summed E-state index contributed by atoms with van der Waals surface area (Å²) in [4.78, 5) is 0. The number of rotatable bonds is 5. The molecule has 20 heavy (non-hydrogen) atoms. The standard InChI is InChI=1S/C17H24N2O/c1-5-6-15-17(20)16(19(18-15)11-12(2)3)14-9-7-13(4)8-10-14/h7-10,12,20H,5-6,11H2,1-4H3. The summed E-state index contributed by atoms with van der Waals surface area (Å²) < 4.78 is 1.95. The van der Waals surface area contributed by atoms with Crippen molar-refractivity contribution >= 4 is 0 Å². The van der Waals surface area contributed by atoms with Crippen LogP contribution in [0, 0.1) is 12.8 Å². The smallest absolute Gasteiger partial charge is 0.164 e. The molecular formula is C17H24N2O. The molecule has 0 aliphatic carbocycles. The third-order valence-corrected chi connectivity index (χ3v) is 3.35. The average molecular weight is 272 g/mol. The van der Waals surface area contributed by atoms with Crippen LogP contribution in [0.25, 0.3) is 11.3 Å². The molecule has 1 N–H and O–H groups in total. The van der Waals surface area contributed by atoms with E-state index in [9.17, 15) is 5.11 Å². The van der Waals surface area contributed by atoms with E-state index in [1.54, 1.807) is 0 Å². The molecule has 3 heteroatoms. The summed E-state index contributed by atoms with van der Waals surface area (Å²) >= 11 is 0. The Morgan fingerprint density at radius 2 is 1.85 bits per heavy atom. The maximum Gasteiger partial charge on any atom is 0.164 e. The number of nitrogens with zero attached hydrogens (tertiary/aromatic N) is 2. The summed E-state index contributed by atoms with van der Waals surface area (Å²) in [6.45, 7) is 9.32. The molecule has 1 aromatic heterocycles. The molecule has 0 aliphatic heterocycles. The van der Waals surface area contributed by atoms with Crippen molar-refractivity contribution in [3.8, 4) is 17.0 Å². The fourth-order valence-electron chi connectivity index (χ4n) is 2.38. The first kappa shape index (κ1) is 14.6. The van der Waals surface area contributed by atoms with Crippen LogP contribution in [0.1, 0.15) is 38.4 Å². The quantitative estimate of drug-likeness (QED) is 0.887. The second-order valence-corrected chi connectivity index (χ2v) is 5.84. The number of hydrogen-bond acceptors (Lipinski definition) is 2. The minimum atomic E-state index is 0.344. The normalized spacial score (nSPS) is 11.2. The Kier molecular flexibility index (Phi) is 4.48. The second-order valence-electron chi connectivity index (χ2n) is 5.84. The number of benzene rings is 1. The largest absolute Gasteiger partial charge is 0.504 e. The van der Waals surface area contributed by atoms with E-state index < -0.39 is 0 Å². The van der Waals surface area contributed by atoms with Crippen molar-refractivity contribution in [2.24, 2.45) is 5.92 Å². The summed E-state index contributed by atoms with van der Waals surface area (Å²) in [6.07, 6.45) is 1.80. The number of aromatic nitrogens is 2. The maximum absolute atomic E-state index is 10.5. The molecular weight excluding hydrogens is 248 g/mol. The number of aryl methyl sites for hydroxylation is 2. The molecule has 0 atom stereocenters. The van der Waals surface area contributed by atoms with E-state index in [-0.39, 0.29) is 0 Å². The molecule has 2 aromatic rings. The molecule has 1 heterocycles. The van der Waals surface area contributed by atoms with Gasteiger partial charge in [0.05, 0.1) is 0 Å². The first-order valence-electron chi connectivity index (χ1n) is 7.38. The Hall–Kier alpha value is -1.77. The minimum Gasteiger partial charge on any atom is -0.504 e. The first-order valence-corrected chi connectivity index (χ1v) is 7.38. The van der Waals surface area contributed by atoms with E-state index in [1.807, 2.05) is 4.68 Å². The van der Waals surface area contributed by atoms with Crippen molar-refractivity contribution in [3.05, 3.63) is 35.5 Å². The van der Waals surface area contributed by atoms with E-state index in [0.717, 1.165) is 36.3 Å². The van der Waals surface area contributed by atoms with Crippen LogP contribution in [0.4, 0.5) is 0 Å². The lowest BCUT2D eigenvalue weighted by molar-refractivity contribution is 0.466. The number of aromatic hydroxyl groups is 1. The Morgan fingerprint density at radius 3 is 2.40 bits per heavy atom. The minimum absolute atomic E-state index is 0.344. The zero-order chi connectivity index (χ0) is 14.7. The number of hydrogen-bond donors (Lipinski definition) is 1. The monoisotopic (exact) mass is 272 g/mol. The third-order valence-electron chi connectivity index (χ3n) is 3.35. The van der Waals surface area contributed by atoms with Gasteiger partial charge < -0.3 is 5.11 Å². The fourth-order valence-corrected chi connectivity index (χ4v) is 2.38. The van der Waals surface area contributed by atoms with Crippen molar-refractivity contribution in [1.29, 1.82) is 0 Å². The zero-order valence-corrected chi connectivity index (χ0v) is 12.8. The van der Waals surface area contributed by atoms with E-state index in [4.69, 9.17) is 0 Å². The molecule has 0 amide bonds. The van der Waals surface area contributed by atoms with Crippen molar-refractivity contribution < 1.29 is 5.11 Å². The van der Waals surface area contributed by atoms with Crippen LogP contribution in [-0.2, 0) is 13.0 Å². The highest BCUT2D eigenvalue weighted by Crippen LogP contribution is 2.33. The van der Waals surface area contributed by atoms with Crippen LogP contribution in [0.15, 0.2) is 24.3 Å². The van der Waals surface area contributed by atoms with Crippen molar-refractivity contribution in [3.63, 3.8) is 0 Å². The van der Waals surface area contributed by atoms with Crippen LogP contribution < -0.4 is 0 Å². The predicted octanol–water partition coefficient (Wildman–Crippen LogP) is 4.17. The molecule has 1 aromatic carbocycles. The van der Waals surface area contributed by atoms with Gasteiger partial charge in [-0.05, 0) is 19.3 Å². The van der Waals surface area contributed by atoms with Gasteiger partial charge in [-0.15, -0.1) is 0 Å². The van der Waals surface area contributed by atoms with Gasteiger partial charge in [0.1, 0.15) is 11.4 Å². The van der Waals surface area contributed by atoms with Crippen molar-refractivity contribution in [1.82, 2.24) is 9.78 Å². The zero-order valence-electron chi connectivity index (χ0n) is 12.8. The first-order chi connectivity index (χ1) is 9.52. The van der Waals surface area contributed by atoms with Gasteiger partial charge in [-0.2, -0.15) is 5.10 Å². The Bertz CT molecular complexity index is 567. The van der Waals surface area contributed by atoms with E-state index in [0.29, 0.717) is 11.7 Å². The molecule has 0 saturated heterocycles. The van der Waals surface area contributed by atoms with Crippen LogP contribution in [-0.4, -0.2) is 14.9 Å². The Labute approximate surface area is 121 Å². The summed E-state index contributed by atoms with van der Waals surface area (Å²) in [5.74, 6) is 0.837. The molecule has 0 radical (unpaired) electrons. The van der Waals surface area contributed by atoms with Crippen molar-refractivity contribution in [2.45, 2.75) is 47.1 Å². The van der Waals surface area contributed by atoms with Gasteiger partial charge in [0.15, 0.2) is 5.75 Å². The van der Waals surface area contributed by atoms with E-state index >= 15 is 0 Å². The van der Waals surface area contributed by atoms with Gasteiger partial charge in [-0.25, -0.2) is 0 Å². The molecule has 108 valence electrons. The lowest BCUT2D eigenvalue weighted by Gasteiger charge is -2.10. The Balaban J connectivity index is 2.50. The molecule has 0 bridgehead atoms. The van der Waals surface area contributed by atoms with E-state index in [1.165, 1.54) is 5.56 Å². The molecule has 0 spiro atoms. The topological polar surface area (TPSA) is 38.0 Å². The van der Waals surface area contributed by atoms with Crippen LogP contribution in [0.3, 0.4) is 0 Å². The van der Waals surface area contributed by atoms with Gasteiger partial charge >= 0.3 is 0 Å². The highest BCUT2D eigenvalue weighted by atomic mass is 16.3. The fraction of sp³-hybridized carbons (Fsp3) is 0.471. The third kappa shape index (κ3) is 3.03. The lowest BCUT2D eigenvalue weighted by atomic mass is 10.1. The molecule has 0 unspecified atom stereocenters. The highest BCUT2D eigenvalue weighted by Gasteiger charge is 2.18. The maximum atomic E-state index is 10.5. The average Bonchev–Trinajstić information content (AvgIpc) is 2.67. The van der Waals surface area contributed by atoms with Crippen LogP contribution >= 0.6 is 0 Å². The van der Waals surface area contributed by atoms with E-state index in [2.05, 4.69) is 57.1 Å². The van der Waals surface area contributed by atoms with Gasteiger partial charge in [0.2, 0.25) is 0 Å². The van der Waals surface area contributed by atoms with Gasteiger partial charge in [0.25, 0.3) is 0 Å².